The predicted molar refractivity (Wildman–Crippen MR) is 114 cm³/mol. The summed E-state index contributed by atoms with van der Waals surface area (Å²) in [4.78, 5) is 13.6. The summed E-state index contributed by atoms with van der Waals surface area (Å²) in [5, 5.41) is 0.865. The van der Waals surface area contributed by atoms with E-state index in [0.29, 0.717) is 17.2 Å². The fraction of sp³-hybridized carbons (Fsp3) is 0.409. The zero-order valence-electron chi connectivity index (χ0n) is 16.3. The second kappa shape index (κ2) is 10.1. The van der Waals surface area contributed by atoms with Crippen molar-refractivity contribution in [1.82, 2.24) is 0 Å². The SMILES string of the molecule is CCCCC(CC)CP(=O)(C(=O)c1c(Cl)cccc1OC)c1ccccc1. The van der Waals surface area contributed by atoms with Crippen molar-refractivity contribution in [3.8, 4) is 5.75 Å². The first kappa shape index (κ1) is 21.7. The number of unbranched alkanes of at least 4 members (excludes halogenated alkanes) is 1. The molecular weight excluding hydrogens is 379 g/mol. The smallest absolute Gasteiger partial charge is 0.230 e. The van der Waals surface area contributed by atoms with E-state index < -0.39 is 12.7 Å². The number of hydrogen-bond donors (Lipinski definition) is 0. The third-order valence-electron chi connectivity index (χ3n) is 4.97. The number of hydrogen-bond acceptors (Lipinski definition) is 3. The van der Waals surface area contributed by atoms with Gasteiger partial charge in [-0.1, -0.05) is 81.1 Å². The second-order valence-corrected chi connectivity index (χ2v) is 9.97. The molecule has 0 saturated heterocycles. The number of carbonyl (C=O) groups excluding carboxylic acids is 1. The fourth-order valence-electron chi connectivity index (χ4n) is 3.32. The van der Waals surface area contributed by atoms with Gasteiger partial charge in [0.2, 0.25) is 5.52 Å². The molecule has 0 heterocycles. The highest BCUT2D eigenvalue weighted by Crippen LogP contribution is 2.52. The van der Waals surface area contributed by atoms with Crippen LogP contribution < -0.4 is 10.0 Å². The van der Waals surface area contributed by atoms with Gasteiger partial charge in [0.25, 0.3) is 0 Å². The zero-order valence-corrected chi connectivity index (χ0v) is 17.9. The van der Waals surface area contributed by atoms with Crippen LogP contribution >= 0.6 is 18.7 Å². The molecule has 0 bridgehead atoms. The number of rotatable bonds is 10. The van der Waals surface area contributed by atoms with Crippen molar-refractivity contribution in [2.24, 2.45) is 5.92 Å². The molecule has 0 spiro atoms. The van der Waals surface area contributed by atoms with E-state index in [0.717, 1.165) is 25.7 Å². The molecule has 2 aromatic rings. The van der Waals surface area contributed by atoms with Crippen LogP contribution in [0.15, 0.2) is 48.5 Å². The Kier molecular flexibility index (Phi) is 8.13. The Balaban J connectivity index is 2.54. The minimum absolute atomic E-state index is 0.221. The molecule has 0 aromatic heterocycles. The Hall–Kier alpha value is -1.57. The van der Waals surface area contributed by atoms with Gasteiger partial charge in [-0.15, -0.1) is 0 Å². The molecule has 5 heteroatoms. The molecule has 0 amide bonds. The average molecular weight is 407 g/mol. The molecule has 3 nitrogen and oxygen atoms in total. The summed E-state index contributed by atoms with van der Waals surface area (Å²) in [6.07, 6.45) is 4.37. The largest absolute Gasteiger partial charge is 0.496 e. The highest BCUT2D eigenvalue weighted by atomic mass is 35.5. The molecular formula is C22H28ClO3P. The second-order valence-electron chi connectivity index (χ2n) is 6.80. The highest BCUT2D eigenvalue weighted by Gasteiger charge is 2.38. The van der Waals surface area contributed by atoms with E-state index in [1.165, 1.54) is 7.11 Å². The number of carbonyl (C=O) groups is 1. The Morgan fingerprint density at radius 1 is 1.11 bits per heavy atom. The van der Waals surface area contributed by atoms with Gasteiger partial charge in [-0.05, 0) is 24.5 Å². The van der Waals surface area contributed by atoms with Crippen molar-refractivity contribution < 1.29 is 14.1 Å². The molecule has 0 fully saturated rings. The molecule has 2 unspecified atom stereocenters. The normalized spacial score (nSPS) is 14.4. The first-order chi connectivity index (χ1) is 13.0. The van der Waals surface area contributed by atoms with Crippen LogP contribution in [0.5, 0.6) is 5.75 Å². The topological polar surface area (TPSA) is 43.4 Å². The van der Waals surface area contributed by atoms with Crippen molar-refractivity contribution in [2.45, 2.75) is 39.5 Å². The molecule has 0 saturated carbocycles. The van der Waals surface area contributed by atoms with E-state index in [1.54, 1.807) is 30.3 Å². The molecule has 0 aliphatic heterocycles. The molecule has 146 valence electrons. The highest BCUT2D eigenvalue weighted by molar-refractivity contribution is 7.87. The maximum absolute atomic E-state index is 14.2. The number of methoxy groups -OCH3 is 1. The Morgan fingerprint density at radius 2 is 1.81 bits per heavy atom. The Bertz CT molecular complexity index is 804. The molecule has 0 N–H and O–H groups in total. The number of ether oxygens (including phenoxy) is 1. The van der Waals surface area contributed by atoms with Gasteiger partial charge >= 0.3 is 0 Å². The lowest BCUT2D eigenvalue weighted by Crippen LogP contribution is -2.21. The standard InChI is InChI=1S/C22H28ClO3P/c1-4-6-11-17(5-2)16-27(25,18-12-8-7-9-13-18)22(24)21-19(23)14-10-15-20(21)26-3/h7-10,12-15,17H,4-6,11,16H2,1-3H3. The van der Waals surface area contributed by atoms with Gasteiger partial charge in [-0.25, -0.2) is 0 Å². The van der Waals surface area contributed by atoms with Crippen molar-refractivity contribution >= 4 is 29.6 Å². The van der Waals surface area contributed by atoms with Crippen LogP contribution in [0.1, 0.15) is 49.9 Å². The van der Waals surface area contributed by atoms with Crippen LogP contribution in [0.3, 0.4) is 0 Å². The molecule has 2 atom stereocenters. The summed E-state index contributed by atoms with van der Waals surface area (Å²) >= 11 is 6.33. The lowest BCUT2D eigenvalue weighted by Gasteiger charge is -2.24. The third kappa shape index (κ3) is 5.03. The molecule has 27 heavy (non-hydrogen) atoms. The molecule has 2 rings (SSSR count). The summed E-state index contributed by atoms with van der Waals surface area (Å²) in [7, 11) is -1.88. The van der Waals surface area contributed by atoms with Gasteiger partial charge in [-0.2, -0.15) is 0 Å². The van der Waals surface area contributed by atoms with Crippen molar-refractivity contribution in [3.63, 3.8) is 0 Å². The summed E-state index contributed by atoms with van der Waals surface area (Å²) in [6.45, 7) is 4.24. The summed E-state index contributed by atoms with van der Waals surface area (Å²) < 4.78 is 19.6. The van der Waals surface area contributed by atoms with Crippen LogP contribution in [0.2, 0.25) is 5.02 Å². The van der Waals surface area contributed by atoms with Gasteiger partial charge in [0.1, 0.15) is 5.75 Å². The van der Waals surface area contributed by atoms with Crippen molar-refractivity contribution in [2.75, 3.05) is 13.3 Å². The average Bonchev–Trinajstić information content (AvgIpc) is 2.70. The zero-order chi connectivity index (χ0) is 19.9. The summed E-state index contributed by atoms with van der Waals surface area (Å²) in [6, 6.07) is 14.1. The predicted octanol–water partition coefficient (Wildman–Crippen LogP) is 6.39. The number of benzene rings is 2. The minimum atomic E-state index is -3.37. The molecule has 0 aliphatic rings. The summed E-state index contributed by atoms with van der Waals surface area (Å²) in [5.41, 5.74) is -0.190. The van der Waals surface area contributed by atoms with Gasteiger partial charge < -0.3 is 9.30 Å². The van der Waals surface area contributed by atoms with E-state index in [2.05, 4.69) is 13.8 Å². The van der Waals surface area contributed by atoms with E-state index in [1.807, 2.05) is 18.2 Å². The Morgan fingerprint density at radius 3 is 2.41 bits per heavy atom. The van der Waals surface area contributed by atoms with Crippen molar-refractivity contribution in [3.05, 3.63) is 59.1 Å². The van der Waals surface area contributed by atoms with Crippen LogP contribution in [-0.4, -0.2) is 18.8 Å². The van der Waals surface area contributed by atoms with Crippen LogP contribution in [0.25, 0.3) is 0 Å². The first-order valence-corrected chi connectivity index (χ1v) is 11.8. The van der Waals surface area contributed by atoms with Crippen LogP contribution in [-0.2, 0) is 4.57 Å². The van der Waals surface area contributed by atoms with Crippen LogP contribution in [0, 0.1) is 5.92 Å². The Labute approximate surface area is 167 Å². The minimum Gasteiger partial charge on any atom is -0.496 e. The lowest BCUT2D eigenvalue weighted by molar-refractivity contribution is 0.107. The van der Waals surface area contributed by atoms with Crippen LogP contribution in [0.4, 0.5) is 0 Å². The maximum Gasteiger partial charge on any atom is 0.230 e. The number of halogens is 1. The molecule has 2 aromatic carbocycles. The maximum atomic E-state index is 14.2. The van der Waals surface area contributed by atoms with E-state index >= 15 is 0 Å². The van der Waals surface area contributed by atoms with E-state index in [9.17, 15) is 9.36 Å². The van der Waals surface area contributed by atoms with Gasteiger partial charge in [-0.3, -0.25) is 4.79 Å². The molecule has 0 radical (unpaired) electrons. The third-order valence-corrected chi connectivity index (χ3v) is 8.33. The monoisotopic (exact) mass is 406 g/mol. The fourth-order valence-corrected chi connectivity index (χ4v) is 6.66. The quantitative estimate of drug-likeness (QED) is 0.429. The summed E-state index contributed by atoms with van der Waals surface area (Å²) in [5.74, 6) is 0.596. The van der Waals surface area contributed by atoms with Gasteiger partial charge in [0.05, 0.1) is 17.7 Å². The lowest BCUT2D eigenvalue weighted by atomic mass is 10.0. The van der Waals surface area contributed by atoms with Gasteiger partial charge in [0.15, 0.2) is 7.14 Å². The van der Waals surface area contributed by atoms with Gasteiger partial charge in [0, 0.05) is 11.5 Å². The van der Waals surface area contributed by atoms with E-state index in [-0.39, 0.29) is 16.5 Å². The molecule has 0 aliphatic carbocycles. The van der Waals surface area contributed by atoms with E-state index in [4.69, 9.17) is 16.3 Å². The first-order valence-electron chi connectivity index (χ1n) is 9.50. The van der Waals surface area contributed by atoms with Crippen molar-refractivity contribution in [1.29, 1.82) is 0 Å².